The predicted octanol–water partition coefficient (Wildman–Crippen LogP) is 5.48. The molecular weight excluding hydrogens is 474 g/mol. The number of rotatable bonds is 8. The summed E-state index contributed by atoms with van der Waals surface area (Å²) >= 11 is 4.97. The van der Waals surface area contributed by atoms with E-state index in [1.54, 1.807) is 12.0 Å². The second-order valence-electron chi connectivity index (χ2n) is 6.30. The number of methoxy groups -OCH3 is 1. The van der Waals surface area contributed by atoms with E-state index in [0.717, 1.165) is 40.1 Å². The summed E-state index contributed by atoms with van der Waals surface area (Å²) in [6.45, 7) is 7.53. The highest BCUT2D eigenvalue weighted by Gasteiger charge is 2.23. The molecular formula is C21H25BrClN3O2S. The van der Waals surface area contributed by atoms with Gasteiger partial charge in [-0.25, -0.2) is 4.98 Å². The number of hydrogen-bond acceptors (Lipinski definition) is 5. The maximum atomic E-state index is 13.3. The van der Waals surface area contributed by atoms with E-state index in [2.05, 4.69) is 34.7 Å². The molecule has 3 rings (SSSR count). The number of ether oxygens (including phenoxy) is 1. The lowest BCUT2D eigenvalue weighted by Gasteiger charge is -2.24. The Balaban J connectivity index is 0.00000300. The summed E-state index contributed by atoms with van der Waals surface area (Å²) in [6.07, 6.45) is 0. The van der Waals surface area contributed by atoms with Crippen LogP contribution in [0.25, 0.3) is 10.2 Å². The van der Waals surface area contributed by atoms with E-state index in [4.69, 9.17) is 9.72 Å². The van der Waals surface area contributed by atoms with Crippen molar-refractivity contribution in [2.24, 2.45) is 0 Å². The zero-order valence-electron chi connectivity index (χ0n) is 16.7. The van der Waals surface area contributed by atoms with Gasteiger partial charge >= 0.3 is 0 Å². The van der Waals surface area contributed by atoms with Crippen molar-refractivity contribution in [1.82, 2.24) is 9.88 Å². The van der Waals surface area contributed by atoms with E-state index in [1.807, 2.05) is 42.5 Å². The molecule has 29 heavy (non-hydrogen) atoms. The van der Waals surface area contributed by atoms with Crippen molar-refractivity contribution in [3.63, 3.8) is 0 Å². The largest absolute Gasteiger partial charge is 0.494 e. The number of carbonyl (C=O) groups is 1. The average Bonchev–Trinajstić information content (AvgIpc) is 3.14. The van der Waals surface area contributed by atoms with E-state index < -0.39 is 0 Å². The molecule has 0 saturated heterocycles. The van der Waals surface area contributed by atoms with Crippen LogP contribution < -0.4 is 9.64 Å². The summed E-state index contributed by atoms with van der Waals surface area (Å²) in [7, 11) is 1.64. The SMILES string of the molecule is CCN(CC)CCN(C(=O)c1cccc(Br)c1)c1nc2c(OC)cccc2s1.Cl. The molecule has 0 saturated carbocycles. The third kappa shape index (κ3) is 5.48. The molecule has 0 radical (unpaired) electrons. The van der Waals surface area contributed by atoms with Gasteiger partial charge in [-0.3, -0.25) is 9.69 Å². The zero-order chi connectivity index (χ0) is 20.1. The molecule has 3 aromatic rings. The Morgan fingerprint density at radius 2 is 1.86 bits per heavy atom. The molecule has 1 amide bonds. The second-order valence-corrected chi connectivity index (χ2v) is 8.22. The molecule has 0 atom stereocenters. The molecule has 5 nitrogen and oxygen atoms in total. The Morgan fingerprint density at radius 3 is 2.52 bits per heavy atom. The van der Waals surface area contributed by atoms with Crippen molar-refractivity contribution in [2.45, 2.75) is 13.8 Å². The molecule has 0 bridgehead atoms. The fourth-order valence-corrected chi connectivity index (χ4v) is 4.44. The Morgan fingerprint density at radius 1 is 1.14 bits per heavy atom. The van der Waals surface area contributed by atoms with E-state index in [1.165, 1.54) is 11.3 Å². The van der Waals surface area contributed by atoms with Gasteiger partial charge in [-0.05, 0) is 43.4 Å². The second kappa shape index (κ2) is 10.9. The summed E-state index contributed by atoms with van der Waals surface area (Å²) in [5.74, 6) is 0.671. The molecule has 8 heteroatoms. The van der Waals surface area contributed by atoms with Crippen LogP contribution in [0, 0.1) is 0 Å². The molecule has 0 aliphatic carbocycles. The monoisotopic (exact) mass is 497 g/mol. The minimum absolute atomic E-state index is 0. The van der Waals surface area contributed by atoms with Gasteiger partial charge in [0.25, 0.3) is 5.91 Å². The number of benzene rings is 2. The van der Waals surface area contributed by atoms with Crippen molar-refractivity contribution in [1.29, 1.82) is 0 Å². The van der Waals surface area contributed by atoms with E-state index >= 15 is 0 Å². The van der Waals surface area contributed by atoms with E-state index in [9.17, 15) is 4.79 Å². The predicted molar refractivity (Wildman–Crippen MR) is 127 cm³/mol. The van der Waals surface area contributed by atoms with Gasteiger partial charge in [0.15, 0.2) is 5.13 Å². The molecule has 0 N–H and O–H groups in total. The number of halogens is 2. The van der Waals surface area contributed by atoms with Crippen molar-refractivity contribution < 1.29 is 9.53 Å². The van der Waals surface area contributed by atoms with Crippen LogP contribution >= 0.6 is 39.7 Å². The number of hydrogen-bond donors (Lipinski definition) is 0. The van der Waals surface area contributed by atoms with Crippen molar-refractivity contribution >= 4 is 60.9 Å². The Bertz CT molecular complexity index is 962. The number of likely N-dealkylation sites (N-methyl/N-ethyl adjacent to an activating group) is 1. The minimum atomic E-state index is -0.0496. The maximum absolute atomic E-state index is 13.3. The molecule has 0 spiro atoms. The van der Waals surface area contributed by atoms with Gasteiger partial charge < -0.3 is 9.64 Å². The van der Waals surface area contributed by atoms with Gasteiger partial charge in [-0.2, -0.15) is 0 Å². The van der Waals surface area contributed by atoms with Gasteiger partial charge in [-0.1, -0.05) is 53.2 Å². The number of fused-ring (bicyclic) bond motifs is 1. The van der Waals surface area contributed by atoms with Crippen LogP contribution in [0.4, 0.5) is 5.13 Å². The van der Waals surface area contributed by atoms with Crippen molar-refractivity contribution in [3.8, 4) is 5.75 Å². The highest BCUT2D eigenvalue weighted by atomic mass is 79.9. The first-order chi connectivity index (χ1) is 13.6. The molecule has 2 aromatic carbocycles. The first-order valence-corrected chi connectivity index (χ1v) is 10.9. The molecule has 1 heterocycles. The van der Waals surface area contributed by atoms with Crippen LogP contribution in [0.3, 0.4) is 0 Å². The third-order valence-corrected chi connectivity index (χ3v) is 6.21. The fourth-order valence-electron chi connectivity index (χ4n) is 3.03. The average molecular weight is 499 g/mol. The molecule has 0 unspecified atom stereocenters. The summed E-state index contributed by atoms with van der Waals surface area (Å²) < 4.78 is 7.33. The Hall–Kier alpha value is -1.67. The van der Waals surface area contributed by atoms with Crippen LogP contribution in [0.1, 0.15) is 24.2 Å². The quantitative estimate of drug-likeness (QED) is 0.413. The van der Waals surface area contributed by atoms with Crippen LogP contribution in [0.15, 0.2) is 46.9 Å². The number of thiazole rings is 1. The summed E-state index contributed by atoms with van der Waals surface area (Å²) in [6, 6.07) is 13.3. The highest BCUT2D eigenvalue weighted by Crippen LogP contribution is 2.34. The molecule has 0 aliphatic heterocycles. The number of carbonyl (C=O) groups excluding carboxylic acids is 1. The Kier molecular flexibility index (Phi) is 8.89. The molecule has 1 aromatic heterocycles. The lowest BCUT2D eigenvalue weighted by Crippen LogP contribution is -2.38. The van der Waals surface area contributed by atoms with Crippen molar-refractivity contribution in [2.75, 3.05) is 38.2 Å². The van der Waals surface area contributed by atoms with E-state index in [-0.39, 0.29) is 18.3 Å². The van der Waals surface area contributed by atoms with Crippen LogP contribution in [0.2, 0.25) is 0 Å². The summed E-state index contributed by atoms with van der Waals surface area (Å²) in [4.78, 5) is 22.2. The topological polar surface area (TPSA) is 45.7 Å². The van der Waals surface area contributed by atoms with Gasteiger partial charge in [0, 0.05) is 23.1 Å². The maximum Gasteiger partial charge on any atom is 0.260 e. The summed E-state index contributed by atoms with van der Waals surface area (Å²) in [5.41, 5.74) is 1.43. The number of aromatic nitrogens is 1. The first kappa shape index (κ1) is 23.6. The van der Waals surface area contributed by atoms with Crippen LogP contribution in [-0.2, 0) is 0 Å². The van der Waals surface area contributed by atoms with Crippen LogP contribution in [-0.4, -0.2) is 49.1 Å². The van der Waals surface area contributed by atoms with Gasteiger partial charge in [-0.15, -0.1) is 12.4 Å². The lowest BCUT2D eigenvalue weighted by molar-refractivity contribution is 0.0983. The molecule has 0 aliphatic rings. The normalized spacial score (nSPS) is 10.8. The number of anilines is 1. The Labute approximate surface area is 190 Å². The number of para-hydroxylation sites is 1. The number of amides is 1. The first-order valence-electron chi connectivity index (χ1n) is 9.30. The minimum Gasteiger partial charge on any atom is -0.494 e. The third-order valence-electron chi connectivity index (χ3n) is 4.67. The highest BCUT2D eigenvalue weighted by molar-refractivity contribution is 9.10. The van der Waals surface area contributed by atoms with Crippen molar-refractivity contribution in [3.05, 3.63) is 52.5 Å². The van der Waals surface area contributed by atoms with Gasteiger partial charge in [0.2, 0.25) is 0 Å². The number of nitrogens with zero attached hydrogens (tertiary/aromatic N) is 3. The zero-order valence-corrected chi connectivity index (χ0v) is 19.9. The standard InChI is InChI=1S/C21H24BrN3O2S.ClH/c1-4-24(5-2)12-13-25(20(26)15-8-6-9-16(22)14-15)21-23-19-17(27-3)10-7-11-18(19)28-21;/h6-11,14H,4-5,12-13H2,1-3H3;1H. The lowest BCUT2D eigenvalue weighted by atomic mass is 10.2. The fraction of sp³-hybridized carbons (Fsp3) is 0.333. The van der Waals surface area contributed by atoms with Gasteiger partial charge in [0.05, 0.1) is 11.8 Å². The van der Waals surface area contributed by atoms with E-state index in [0.29, 0.717) is 17.2 Å². The molecule has 0 fully saturated rings. The van der Waals surface area contributed by atoms with Crippen LogP contribution in [0.5, 0.6) is 5.75 Å². The summed E-state index contributed by atoms with van der Waals surface area (Å²) in [5, 5.41) is 0.691. The molecule has 156 valence electrons. The van der Waals surface area contributed by atoms with Gasteiger partial charge in [0.1, 0.15) is 11.3 Å². The smallest absolute Gasteiger partial charge is 0.260 e.